The van der Waals surface area contributed by atoms with Gasteiger partial charge in [-0.15, -0.1) is 0 Å². The predicted molar refractivity (Wildman–Crippen MR) is 93.1 cm³/mol. The van der Waals surface area contributed by atoms with Crippen molar-refractivity contribution >= 4 is 5.71 Å². The van der Waals surface area contributed by atoms with Crippen molar-refractivity contribution in [3.8, 4) is 22.4 Å². The molecule has 1 aromatic carbocycles. The van der Waals surface area contributed by atoms with Gasteiger partial charge in [-0.05, 0) is 41.7 Å². The van der Waals surface area contributed by atoms with Gasteiger partial charge in [-0.1, -0.05) is 18.2 Å². The van der Waals surface area contributed by atoms with Gasteiger partial charge in [-0.3, -0.25) is 9.67 Å². The molecule has 0 amide bonds. The van der Waals surface area contributed by atoms with Crippen LogP contribution in [0.5, 0.6) is 0 Å². The van der Waals surface area contributed by atoms with Gasteiger partial charge in [0.15, 0.2) is 0 Å². The fraction of sp³-hybridized carbons (Fsp3) is 0.211. The van der Waals surface area contributed by atoms with E-state index in [1.165, 1.54) is 5.56 Å². The van der Waals surface area contributed by atoms with Gasteiger partial charge in [0.1, 0.15) is 5.69 Å². The number of aryl methyl sites for hydroxylation is 1. The largest absolute Gasteiger partial charge is 0.394 e. The number of hydrogen-bond acceptors (Lipinski definition) is 4. The van der Waals surface area contributed by atoms with E-state index >= 15 is 0 Å². The fourth-order valence-corrected chi connectivity index (χ4v) is 3.23. The van der Waals surface area contributed by atoms with E-state index in [4.69, 9.17) is 5.41 Å². The molecule has 0 saturated carbocycles. The number of nitrogens with one attached hydrogen (secondary N) is 1. The van der Waals surface area contributed by atoms with Gasteiger partial charge < -0.3 is 10.5 Å². The normalized spacial score (nSPS) is 13.3. The highest BCUT2D eigenvalue weighted by Crippen LogP contribution is 2.33. The zero-order valence-electron chi connectivity index (χ0n) is 13.2. The highest BCUT2D eigenvalue weighted by Gasteiger charge is 2.19. The number of nitrogens with zero attached hydrogens (tertiary/aromatic N) is 3. The van der Waals surface area contributed by atoms with Crippen molar-refractivity contribution in [2.45, 2.75) is 19.4 Å². The van der Waals surface area contributed by atoms with E-state index in [1.807, 2.05) is 24.4 Å². The number of aliphatic hydroxyl groups excluding tert-OH is 1. The molecule has 24 heavy (non-hydrogen) atoms. The third-order valence-electron chi connectivity index (χ3n) is 4.43. The lowest BCUT2D eigenvalue weighted by atomic mass is 9.98. The monoisotopic (exact) mass is 318 g/mol. The molecule has 0 radical (unpaired) electrons. The zero-order valence-corrected chi connectivity index (χ0v) is 13.2. The van der Waals surface area contributed by atoms with E-state index in [0.717, 1.165) is 46.5 Å². The van der Waals surface area contributed by atoms with E-state index in [1.54, 1.807) is 17.1 Å². The van der Waals surface area contributed by atoms with Crippen LogP contribution in [-0.2, 0) is 13.0 Å². The first-order chi connectivity index (χ1) is 11.8. The first-order valence-corrected chi connectivity index (χ1v) is 8.06. The Labute approximate surface area is 140 Å². The third kappa shape index (κ3) is 2.53. The number of rotatable bonds is 4. The minimum Gasteiger partial charge on any atom is -0.394 e. The summed E-state index contributed by atoms with van der Waals surface area (Å²) in [5.41, 5.74) is 7.04. The van der Waals surface area contributed by atoms with Crippen LogP contribution < -0.4 is 0 Å². The molecule has 0 spiro atoms. The molecule has 1 aliphatic carbocycles. The molecule has 2 aromatic heterocycles. The number of benzene rings is 1. The van der Waals surface area contributed by atoms with Crippen LogP contribution in [0.3, 0.4) is 0 Å². The van der Waals surface area contributed by atoms with Crippen molar-refractivity contribution in [3.05, 3.63) is 60.0 Å². The summed E-state index contributed by atoms with van der Waals surface area (Å²) in [6.07, 6.45) is 7.24. The molecule has 2 N–H and O–H groups in total. The lowest BCUT2D eigenvalue weighted by Gasteiger charge is -2.05. The van der Waals surface area contributed by atoms with Gasteiger partial charge >= 0.3 is 0 Å². The predicted octanol–water partition coefficient (Wildman–Crippen LogP) is 2.92. The van der Waals surface area contributed by atoms with Gasteiger partial charge in [0.25, 0.3) is 0 Å². The molecule has 5 nitrogen and oxygen atoms in total. The standard InChI is InChI=1S/C19H18N4O/c20-18-4-2-14-11-15(1-3-16(14)18)17-12-23(9-10-24)22-19(17)13-5-7-21-8-6-13/h1,3,5-8,11-12,20,24H,2,4,9-10H2. The summed E-state index contributed by atoms with van der Waals surface area (Å²) in [7, 11) is 0. The number of hydrogen-bond donors (Lipinski definition) is 2. The highest BCUT2D eigenvalue weighted by molar-refractivity contribution is 6.03. The Morgan fingerprint density at radius 2 is 1.88 bits per heavy atom. The van der Waals surface area contributed by atoms with Crippen molar-refractivity contribution in [1.29, 1.82) is 5.41 Å². The Kier molecular flexibility index (Phi) is 3.70. The second kappa shape index (κ2) is 6.02. The van der Waals surface area contributed by atoms with E-state index in [0.29, 0.717) is 6.54 Å². The Bertz CT molecular complexity index is 899. The number of aliphatic hydroxyl groups is 1. The quantitative estimate of drug-likeness (QED) is 0.776. The first kappa shape index (κ1) is 14.8. The molecule has 4 rings (SSSR count). The molecule has 3 aromatic rings. The SMILES string of the molecule is N=C1CCc2cc(-c3cn(CCO)nc3-c3ccncc3)ccc21. The summed E-state index contributed by atoms with van der Waals surface area (Å²) in [5.74, 6) is 0. The molecule has 0 aliphatic heterocycles. The Balaban J connectivity index is 1.84. The van der Waals surface area contributed by atoms with Crippen LogP contribution in [0, 0.1) is 5.41 Å². The summed E-state index contributed by atoms with van der Waals surface area (Å²) in [6.45, 7) is 0.520. The molecule has 0 fully saturated rings. The molecule has 0 bridgehead atoms. The molecule has 1 aliphatic rings. The summed E-state index contributed by atoms with van der Waals surface area (Å²) in [5, 5.41) is 21.9. The summed E-state index contributed by atoms with van der Waals surface area (Å²) in [6, 6.07) is 10.2. The topological polar surface area (TPSA) is 74.8 Å². The number of fused-ring (bicyclic) bond motifs is 1. The van der Waals surface area contributed by atoms with Crippen molar-refractivity contribution in [2.75, 3.05) is 6.61 Å². The number of pyridine rings is 1. The second-order valence-electron chi connectivity index (χ2n) is 5.96. The summed E-state index contributed by atoms with van der Waals surface area (Å²) < 4.78 is 1.78. The van der Waals surface area contributed by atoms with Gasteiger partial charge in [-0.2, -0.15) is 5.10 Å². The maximum absolute atomic E-state index is 9.22. The average Bonchev–Trinajstić information content (AvgIpc) is 3.20. The minimum atomic E-state index is 0.0538. The highest BCUT2D eigenvalue weighted by atomic mass is 16.3. The Morgan fingerprint density at radius 3 is 2.67 bits per heavy atom. The number of aromatic nitrogens is 3. The molecule has 0 atom stereocenters. The summed E-state index contributed by atoms with van der Waals surface area (Å²) in [4.78, 5) is 4.07. The van der Waals surface area contributed by atoms with Gasteiger partial charge in [0, 0.05) is 35.4 Å². The lowest BCUT2D eigenvalue weighted by Crippen LogP contribution is -2.02. The van der Waals surface area contributed by atoms with Crippen LogP contribution in [-0.4, -0.2) is 32.2 Å². The lowest BCUT2D eigenvalue weighted by molar-refractivity contribution is 0.269. The molecule has 2 heterocycles. The zero-order chi connectivity index (χ0) is 16.5. The van der Waals surface area contributed by atoms with Gasteiger partial charge in [-0.25, -0.2) is 0 Å². The van der Waals surface area contributed by atoms with Crippen LogP contribution in [0.25, 0.3) is 22.4 Å². The molecule has 5 heteroatoms. The molecule has 0 unspecified atom stereocenters. The maximum Gasteiger partial charge on any atom is 0.100 e. The second-order valence-corrected chi connectivity index (χ2v) is 5.96. The van der Waals surface area contributed by atoms with Crippen LogP contribution in [0.2, 0.25) is 0 Å². The van der Waals surface area contributed by atoms with E-state index in [2.05, 4.69) is 22.2 Å². The van der Waals surface area contributed by atoms with E-state index < -0.39 is 0 Å². The van der Waals surface area contributed by atoms with E-state index in [-0.39, 0.29) is 6.61 Å². The fourth-order valence-electron chi connectivity index (χ4n) is 3.23. The van der Waals surface area contributed by atoms with Gasteiger partial charge in [0.2, 0.25) is 0 Å². The average molecular weight is 318 g/mol. The Hall–Kier alpha value is -2.79. The third-order valence-corrected chi connectivity index (χ3v) is 4.43. The van der Waals surface area contributed by atoms with Crippen molar-refractivity contribution in [1.82, 2.24) is 14.8 Å². The molecule has 120 valence electrons. The first-order valence-electron chi connectivity index (χ1n) is 8.06. The van der Waals surface area contributed by atoms with Gasteiger partial charge in [0.05, 0.1) is 13.2 Å². The maximum atomic E-state index is 9.22. The summed E-state index contributed by atoms with van der Waals surface area (Å²) >= 11 is 0. The van der Waals surface area contributed by atoms with Crippen LogP contribution in [0.1, 0.15) is 17.5 Å². The van der Waals surface area contributed by atoms with Crippen LogP contribution in [0.15, 0.2) is 48.9 Å². The van der Waals surface area contributed by atoms with Crippen molar-refractivity contribution in [2.24, 2.45) is 0 Å². The molecule has 0 saturated heterocycles. The van der Waals surface area contributed by atoms with Crippen LogP contribution in [0.4, 0.5) is 0 Å². The Morgan fingerprint density at radius 1 is 1.04 bits per heavy atom. The smallest absolute Gasteiger partial charge is 0.100 e. The van der Waals surface area contributed by atoms with E-state index in [9.17, 15) is 5.11 Å². The molecular weight excluding hydrogens is 300 g/mol. The molecular formula is C19H18N4O. The van der Waals surface area contributed by atoms with Crippen LogP contribution >= 0.6 is 0 Å². The minimum absolute atomic E-state index is 0.0538. The van der Waals surface area contributed by atoms with Crippen molar-refractivity contribution < 1.29 is 5.11 Å². The van der Waals surface area contributed by atoms with Crippen molar-refractivity contribution in [3.63, 3.8) is 0 Å².